The second-order valence-corrected chi connectivity index (χ2v) is 6.58. The van der Waals surface area contributed by atoms with Gasteiger partial charge in [-0.15, -0.1) is 0 Å². The van der Waals surface area contributed by atoms with Crippen LogP contribution in [0.1, 0.15) is 22.5 Å². The predicted molar refractivity (Wildman–Crippen MR) is 104 cm³/mol. The molecule has 150 valence electrons. The number of hydrogen-bond acceptors (Lipinski definition) is 5. The minimum atomic E-state index is -1.57. The summed E-state index contributed by atoms with van der Waals surface area (Å²) >= 11 is 0. The molecule has 0 aliphatic heterocycles. The molecule has 29 heavy (non-hydrogen) atoms. The predicted octanol–water partition coefficient (Wildman–Crippen LogP) is 3.65. The number of carboxylic acids is 1. The summed E-state index contributed by atoms with van der Waals surface area (Å²) in [6.45, 7) is 3.52. The first-order valence-electron chi connectivity index (χ1n) is 8.95. The average molecular weight is 396 g/mol. The molecule has 0 bridgehead atoms. The summed E-state index contributed by atoms with van der Waals surface area (Å²) in [5, 5.41) is 10.1. The van der Waals surface area contributed by atoms with E-state index in [1.54, 1.807) is 50.2 Å². The van der Waals surface area contributed by atoms with Crippen LogP contribution >= 0.6 is 0 Å². The first-order chi connectivity index (χ1) is 13.9. The van der Waals surface area contributed by atoms with E-state index in [4.69, 9.17) is 9.47 Å². The highest BCUT2D eigenvalue weighted by atomic mass is 19.1. The lowest BCUT2D eigenvalue weighted by Gasteiger charge is -2.37. The van der Waals surface area contributed by atoms with Crippen molar-refractivity contribution in [2.75, 3.05) is 7.11 Å². The van der Waals surface area contributed by atoms with Crippen molar-refractivity contribution < 1.29 is 23.8 Å². The highest BCUT2D eigenvalue weighted by molar-refractivity contribution is 5.76. The second-order valence-electron chi connectivity index (χ2n) is 6.58. The van der Waals surface area contributed by atoms with E-state index in [0.717, 1.165) is 0 Å². The number of carbonyl (C=O) groups is 1. The Morgan fingerprint density at radius 1 is 1.00 bits per heavy atom. The zero-order chi connectivity index (χ0) is 21.0. The number of halogens is 1. The Kier molecular flexibility index (Phi) is 5.89. The molecule has 0 aliphatic carbocycles. The molecule has 0 unspecified atom stereocenters. The van der Waals surface area contributed by atoms with Crippen LogP contribution in [-0.2, 0) is 15.1 Å². The van der Waals surface area contributed by atoms with E-state index in [0.29, 0.717) is 22.5 Å². The topological polar surface area (TPSA) is 81.5 Å². The number of aromatic nitrogens is 2. The fourth-order valence-corrected chi connectivity index (χ4v) is 3.35. The number of rotatable bonds is 7. The van der Waals surface area contributed by atoms with Crippen molar-refractivity contribution in [2.24, 2.45) is 0 Å². The molecule has 0 fully saturated rings. The van der Waals surface area contributed by atoms with Gasteiger partial charge in [-0.25, -0.2) is 19.2 Å². The van der Waals surface area contributed by atoms with Gasteiger partial charge in [-0.1, -0.05) is 42.5 Å². The Balaban J connectivity index is 2.21. The van der Waals surface area contributed by atoms with Crippen LogP contribution in [-0.4, -0.2) is 34.3 Å². The molecule has 3 rings (SSSR count). The van der Waals surface area contributed by atoms with Crippen molar-refractivity contribution in [1.82, 2.24) is 9.97 Å². The molecule has 2 atom stereocenters. The minimum absolute atomic E-state index is 0.0747. The zero-order valence-electron chi connectivity index (χ0n) is 16.3. The molecule has 1 aromatic heterocycles. The van der Waals surface area contributed by atoms with Crippen molar-refractivity contribution in [2.45, 2.75) is 25.6 Å². The van der Waals surface area contributed by atoms with Crippen molar-refractivity contribution >= 4 is 5.97 Å². The zero-order valence-corrected chi connectivity index (χ0v) is 16.3. The van der Waals surface area contributed by atoms with Crippen LogP contribution in [0.15, 0.2) is 60.7 Å². The number of aryl methyl sites for hydroxylation is 2. The molecule has 7 heteroatoms. The number of nitrogens with zero attached hydrogens (tertiary/aromatic N) is 2. The number of aliphatic carboxylic acids is 1. The highest BCUT2D eigenvalue weighted by Crippen LogP contribution is 2.38. The largest absolute Gasteiger partial charge is 0.478 e. The highest BCUT2D eigenvalue weighted by Gasteiger charge is 2.49. The Hall–Kier alpha value is -3.32. The molecule has 1 N–H and O–H groups in total. The van der Waals surface area contributed by atoms with Crippen molar-refractivity contribution in [1.29, 1.82) is 0 Å². The molecule has 0 amide bonds. The molecule has 0 saturated carbocycles. The van der Waals surface area contributed by atoms with Crippen LogP contribution in [0.4, 0.5) is 4.39 Å². The maximum atomic E-state index is 13.6. The number of hydrogen-bond donors (Lipinski definition) is 1. The molecule has 0 spiro atoms. The van der Waals surface area contributed by atoms with Gasteiger partial charge < -0.3 is 14.6 Å². The molecular formula is C22H21FN2O4. The van der Waals surface area contributed by atoms with Gasteiger partial charge in [0.15, 0.2) is 5.60 Å². The van der Waals surface area contributed by atoms with Gasteiger partial charge in [-0.05, 0) is 43.2 Å². The quantitative estimate of drug-likeness (QED) is 0.656. The van der Waals surface area contributed by atoms with Crippen molar-refractivity contribution in [3.8, 4) is 6.01 Å². The van der Waals surface area contributed by atoms with E-state index in [1.807, 2.05) is 0 Å². The van der Waals surface area contributed by atoms with Gasteiger partial charge in [0.05, 0.1) is 0 Å². The summed E-state index contributed by atoms with van der Waals surface area (Å²) in [7, 11) is 1.39. The molecule has 1 heterocycles. The van der Waals surface area contributed by atoms with E-state index in [9.17, 15) is 14.3 Å². The molecule has 0 aliphatic rings. The van der Waals surface area contributed by atoms with Gasteiger partial charge in [-0.2, -0.15) is 0 Å². The smallest absolute Gasteiger partial charge is 0.348 e. The van der Waals surface area contributed by atoms with Crippen LogP contribution in [0.3, 0.4) is 0 Å². The summed E-state index contributed by atoms with van der Waals surface area (Å²) in [6, 6.07) is 15.9. The molecule has 2 aromatic carbocycles. The van der Waals surface area contributed by atoms with E-state index >= 15 is 0 Å². The van der Waals surface area contributed by atoms with E-state index in [2.05, 4.69) is 9.97 Å². The van der Waals surface area contributed by atoms with E-state index in [-0.39, 0.29) is 6.01 Å². The summed E-state index contributed by atoms with van der Waals surface area (Å²) in [5.74, 6) is -1.72. The van der Waals surface area contributed by atoms with Gasteiger partial charge in [0, 0.05) is 18.5 Å². The number of benzene rings is 2. The third-order valence-electron chi connectivity index (χ3n) is 4.58. The Morgan fingerprint density at radius 3 is 2.07 bits per heavy atom. The monoisotopic (exact) mass is 396 g/mol. The fraction of sp³-hybridized carbons (Fsp3) is 0.227. The standard InChI is InChI=1S/C22H21FN2O4/c1-14-13-15(2)25-21(24-14)29-19(20(26)27)22(28-3,16-7-5-4-6-8-16)17-9-11-18(23)12-10-17/h4-13,19H,1-3H3,(H,26,27)/t19-,22+/m0/s1. The van der Waals surface area contributed by atoms with Crippen LogP contribution in [0.25, 0.3) is 0 Å². The van der Waals surface area contributed by atoms with Gasteiger partial charge >= 0.3 is 12.0 Å². The molecule has 0 saturated heterocycles. The first-order valence-corrected chi connectivity index (χ1v) is 8.95. The Labute approximate surface area is 168 Å². The number of carboxylic acid groups (broad SMARTS) is 1. The van der Waals surface area contributed by atoms with Crippen LogP contribution in [0, 0.1) is 19.7 Å². The van der Waals surface area contributed by atoms with E-state index in [1.165, 1.54) is 31.4 Å². The number of ether oxygens (including phenoxy) is 2. The summed E-state index contributed by atoms with van der Waals surface area (Å²) in [5.41, 5.74) is 0.666. The third kappa shape index (κ3) is 4.09. The normalized spacial score (nSPS) is 14.1. The second kappa shape index (κ2) is 8.36. The molecule has 0 radical (unpaired) electrons. The van der Waals surface area contributed by atoms with E-state index < -0.39 is 23.5 Å². The first kappa shape index (κ1) is 20.4. The average Bonchev–Trinajstić information content (AvgIpc) is 2.69. The van der Waals surface area contributed by atoms with Crippen molar-refractivity contribution in [3.63, 3.8) is 0 Å². The maximum absolute atomic E-state index is 13.6. The lowest BCUT2D eigenvalue weighted by molar-refractivity contribution is -0.160. The Morgan fingerprint density at radius 2 is 1.55 bits per heavy atom. The summed E-state index contributed by atoms with van der Waals surface area (Å²) < 4.78 is 25.2. The fourth-order valence-electron chi connectivity index (χ4n) is 3.35. The third-order valence-corrected chi connectivity index (χ3v) is 4.58. The van der Waals surface area contributed by atoms with Crippen LogP contribution < -0.4 is 4.74 Å². The minimum Gasteiger partial charge on any atom is -0.478 e. The van der Waals surface area contributed by atoms with Gasteiger partial charge in [-0.3, -0.25) is 0 Å². The van der Waals surface area contributed by atoms with Gasteiger partial charge in [0.2, 0.25) is 6.10 Å². The van der Waals surface area contributed by atoms with Crippen molar-refractivity contribution in [3.05, 3.63) is 89.0 Å². The molecule has 3 aromatic rings. The lowest BCUT2D eigenvalue weighted by atomic mass is 9.81. The Bertz CT molecular complexity index is 975. The maximum Gasteiger partial charge on any atom is 0.348 e. The van der Waals surface area contributed by atoms with Crippen LogP contribution in [0.5, 0.6) is 6.01 Å². The summed E-state index contributed by atoms with van der Waals surface area (Å²) in [4.78, 5) is 20.7. The SMILES string of the molecule is CO[C@](c1ccccc1)(c1ccc(F)cc1)[C@@H](Oc1nc(C)cc(C)n1)C(=O)O. The summed E-state index contributed by atoms with van der Waals surface area (Å²) in [6.07, 6.45) is -1.54. The molecular weight excluding hydrogens is 375 g/mol. The number of methoxy groups -OCH3 is 1. The lowest BCUT2D eigenvalue weighted by Crippen LogP contribution is -2.50. The molecule has 6 nitrogen and oxygen atoms in total. The van der Waals surface area contributed by atoms with Gasteiger partial charge in [0.25, 0.3) is 0 Å². The van der Waals surface area contributed by atoms with Gasteiger partial charge in [0.1, 0.15) is 5.82 Å². The van der Waals surface area contributed by atoms with Crippen LogP contribution in [0.2, 0.25) is 0 Å².